The lowest BCUT2D eigenvalue weighted by Gasteiger charge is -2.08. The van der Waals surface area contributed by atoms with Gasteiger partial charge in [0.2, 0.25) is 0 Å². The van der Waals surface area contributed by atoms with Gasteiger partial charge in [0, 0.05) is 23.0 Å². The first-order valence-electron chi connectivity index (χ1n) is 6.45. The summed E-state index contributed by atoms with van der Waals surface area (Å²) >= 11 is 6.08. The van der Waals surface area contributed by atoms with Crippen LogP contribution < -0.4 is 5.32 Å². The van der Waals surface area contributed by atoms with Crippen LogP contribution in [0.4, 0.5) is 20.3 Å². The van der Waals surface area contributed by atoms with Gasteiger partial charge in [-0.15, -0.1) is 0 Å². The Morgan fingerprint density at radius 2 is 1.91 bits per heavy atom. The van der Waals surface area contributed by atoms with Crippen LogP contribution in [0.15, 0.2) is 48.7 Å². The Kier molecular flexibility index (Phi) is 4.02. The molecule has 0 atom stereocenters. The Hall–Kier alpha value is -2.47. The lowest BCUT2D eigenvalue weighted by molar-refractivity contribution is 0.473. The predicted molar refractivity (Wildman–Crippen MR) is 80.9 cm³/mol. The zero-order valence-corrected chi connectivity index (χ0v) is 12.1. The van der Waals surface area contributed by atoms with Crippen LogP contribution in [-0.4, -0.2) is 14.8 Å². The molecule has 3 aromatic rings. The third-order valence-electron chi connectivity index (χ3n) is 2.91. The Morgan fingerprint density at radius 1 is 1.14 bits per heavy atom. The number of nitrogens with zero attached hydrogens (tertiary/aromatic N) is 3. The SMILES string of the molecule is FCc1ccn(-c2cc(Cl)cc(Nc3ccc(F)cc3)n2)n1. The largest absolute Gasteiger partial charge is 0.340 e. The number of rotatable bonds is 4. The average molecular weight is 321 g/mol. The van der Waals surface area contributed by atoms with E-state index in [0.29, 0.717) is 28.0 Å². The van der Waals surface area contributed by atoms with Crippen molar-refractivity contribution in [2.75, 3.05) is 5.32 Å². The summed E-state index contributed by atoms with van der Waals surface area (Å²) in [7, 11) is 0. The van der Waals surface area contributed by atoms with Crippen molar-refractivity contribution in [3.05, 3.63) is 65.2 Å². The first kappa shape index (κ1) is 14.5. The average Bonchev–Trinajstić information content (AvgIpc) is 2.98. The lowest BCUT2D eigenvalue weighted by atomic mass is 10.3. The zero-order valence-electron chi connectivity index (χ0n) is 11.3. The van der Waals surface area contributed by atoms with Gasteiger partial charge < -0.3 is 5.32 Å². The van der Waals surface area contributed by atoms with Crippen LogP contribution in [-0.2, 0) is 6.67 Å². The van der Waals surface area contributed by atoms with E-state index in [4.69, 9.17) is 11.6 Å². The number of benzene rings is 1. The van der Waals surface area contributed by atoms with Gasteiger partial charge in [0.25, 0.3) is 0 Å². The molecule has 2 heterocycles. The molecule has 0 radical (unpaired) electrons. The van der Waals surface area contributed by atoms with Gasteiger partial charge in [-0.1, -0.05) is 11.6 Å². The van der Waals surface area contributed by atoms with Gasteiger partial charge in [0.1, 0.15) is 18.3 Å². The third-order valence-corrected chi connectivity index (χ3v) is 3.13. The number of halogens is 3. The second-order valence-corrected chi connectivity index (χ2v) is 4.98. The van der Waals surface area contributed by atoms with Crippen LogP contribution in [0, 0.1) is 5.82 Å². The molecule has 0 spiro atoms. The maximum atomic E-state index is 12.9. The number of nitrogens with one attached hydrogen (secondary N) is 1. The fraction of sp³-hybridized carbons (Fsp3) is 0.0667. The number of aromatic nitrogens is 3. The van der Waals surface area contributed by atoms with Gasteiger partial charge in [-0.2, -0.15) is 5.10 Å². The smallest absolute Gasteiger partial charge is 0.157 e. The Balaban J connectivity index is 1.90. The van der Waals surface area contributed by atoms with Crippen molar-refractivity contribution < 1.29 is 8.78 Å². The molecule has 0 amide bonds. The summed E-state index contributed by atoms with van der Waals surface area (Å²) in [6.07, 6.45) is 1.61. The lowest BCUT2D eigenvalue weighted by Crippen LogP contribution is -2.02. The molecule has 7 heteroatoms. The molecule has 0 aliphatic heterocycles. The molecule has 1 N–H and O–H groups in total. The van der Waals surface area contributed by atoms with Gasteiger partial charge in [-0.3, -0.25) is 0 Å². The molecule has 3 rings (SSSR count). The molecule has 0 aliphatic carbocycles. The quantitative estimate of drug-likeness (QED) is 0.780. The number of hydrogen-bond donors (Lipinski definition) is 1. The number of anilines is 2. The van der Waals surface area contributed by atoms with Crippen molar-refractivity contribution in [2.45, 2.75) is 6.67 Å². The molecule has 0 unspecified atom stereocenters. The highest BCUT2D eigenvalue weighted by Gasteiger charge is 2.06. The number of hydrogen-bond acceptors (Lipinski definition) is 3. The van der Waals surface area contributed by atoms with E-state index in [9.17, 15) is 8.78 Å². The number of pyridine rings is 1. The van der Waals surface area contributed by atoms with Crippen molar-refractivity contribution in [1.82, 2.24) is 14.8 Å². The van der Waals surface area contributed by atoms with E-state index >= 15 is 0 Å². The van der Waals surface area contributed by atoms with Crippen LogP contribution >= 0.6 is 11.6 Å². The minimum Gasteiger partial charge on any atom is -0.340 e. The van der Waals surface area contributed by atoms with Crippen molar-refractivity contribution in [3.8, 4) is 5.82 Å². The topological polar surface area (TPSA) is 42.7 Å². The second kappa shape index (κ2) is 6.11. The van der Waals surface area contributed by atoms with Crippen LogP contribution in [0.2, 0.25) is 5.02 Å². The van der Waals surface area contributed by atoms with E-state index in [2.05, 4.69) is 15.4 Å². The summed E-state index contributed by atoms with van der Waals surface area (Å²) in [4.78, 5) is 4.36. The first-order valence-corrected chi connectivity index (χ1v) is 6.83. The molecule has 2 aromatic heterocycles. The van der Waals surface area contributed by atoms with E-state index in [1.807, 2.05) is 0 Å². The Labute approximate surface area is 130 Å². The summed E-state index contributed by atoms with van der Waals surface area (Å²) in [5, 5.41) is 7.52. The molecule has 22 heavy (non-hydrogen) atoms. The van der Waals surface area contributed by atoms with Crippen molar-refractivity contribution in [1.29, 1.82) is 0 Å². The summed E-state index contributed by atoms with van der Waals surface area (Å²) in [6.45, 7) is -0.645. The normalized spacial score (nSPS) is 10.7. The summed E-state index contributed by atoms with van der Waals surface area (Å²) in [6, 6.07) is 10.7. The minimum atomic E-state index is -0.645. The zero-order chi connectivity index (χ0) is 15.5. The van der Waals surface area contributed by atoms with E-state index in [0.717, 1.165) is 0 Å². The highest BCUT2D eigenvalue weighted by Crippen LogP contribution is 2.21. The van der Waals surface area contributed by atoms with Crippen molar-refractivity contribution >= 4 is 23.1 Å². The van der Waals surface area contributed by atoms with E-state index in [-0.39, 0.29) is 5.82 Å². The van der Waals surface area contributed by atoms with E-state index < -0.39 is 6.67 Å². The van der Waals surface area contributed by atoms with Crippen LogP contribution in [0.1, 0.15) is 5.69 Å². The van der Waals surface area contributed by atoms with Gasteiger partial charge in [0.05, 0.1) is 5.69 Å². The monoisotopic (exact) mass is 320 g/mol. The molecule has 0 bridgehead atoms. The van der Waals surface area contributed by atoms with E-state index in [1.165, 1.54) is 16.8 Å². The maximum absolute atomic E-state index is 12.9. The Morgan fingerprint density at radius 3 is 2.59 bits per heavy atom. The van der Waals surface area contributed by atoms with Crippen molar-refractivity contribution in [2.24, 2.45) is 0 Å². The maximum Gasteiger partial charge on any atom is 0.157 e. The molecular weight excluding hydrogens is 310 g/mol. The fourth-order valence-corrected chi connectivity index (χ4v) is 2.11. The van der Waals surface area contributed by atoms with Crippen LogP contribution in [0.3, 0.4) is 0 Å². The standard InChI is InChI=1S/C15H11ClF2N4/c16-10-7-14(19-12-3-1-11(18)2-4-12)20-15(8-10)22-6-5-13(9-17)21-22/h1-8H,9H2,(H,19,20). The molecule has 0 fully saturated rings. The van der Waals surface area contributed by atoms with Gasteiger partial charge in [-0.25, -0.2) is 18.4 Å². The van der Waals surface area contributed by atoms with Gasteiger partial charge in [0.15, 0.2) is 5.82 Å². The summed E-state index contributed by atoms with van der Waals surface area (Å²) in [5.41, 5.74) is 0.988. The fourth-order valence-electron chi connectivity index (χ4n) is 1.91. The molecule has 0 saturated heterocycles. The predicted octanol–water partition coefficient (Wildman–Crippen LogP) is 4.27. The molecule has 0 saturated carbocycles. The van der Waals surface area contributed by atoms with Gasteiger partial charge >= 0.3 is 0 Å². The molecule has 4 nitrogen and oxygen atoms in total. The highest BCUT2D eigenvalue weighted by atomic mass is 35.5. The van der Waals surface area contributed by atoms with Crippen LogP contribution in [0.5, 0.6) is 0 Å². The second-order valence-electron chi connectivity index (χ2n) is 4.55. The van der Waals surface area contributed by atoms with Crippen LogP contribution in [0.25, 0.3) is 5.82 Å². The third kappa shape index (κ3) is 3.23. The van der Waals surface area contributed by atoms with E-state index in [1.54, 1.807) is 36.5 Å². The molecule has 1 aromatic carbocycles. The highest BCUT2D eigenvalue weighted by molar-refractivity contribution is 6.31. The molecule has 112 valence electrons. The summed E-state index contributed by atoms with van der Waals surface area (Å²) < 4.78 is 26.9. The summed E-state index contributed by atoms with van der Waals surface area (Å²) in [5.74, 6) is 0.615. The molecule has 0 aliphatic rings. The Bertz CT molecular complexity index is 786. The molecular formula is C15H11ClF2N4. The number of alkyl halides is 1. The van der Waals surface area contributed by atoms with Gasteiger partial charge in [-0.05, 0) is 36.4 Å². The minimum absolute atomic E-state index is 0.315. The van der Waals surface area contributed by atoms with Crippen molar-refractivity contribution in [3.63, 3.8) is 0 Å². The first-order chi connectivity index (χ1) is 10.6.